The molecule has 0 saturated carbocycles. The van der Waals surface area contributed by atoms with Crippen molar-refractivity contribution in [1.29, 1.82) is 0 Å². The van der Waals surface area contributed by atoms with E-state index >= 15 is 0 Å². The molecule has 6 heteroatoms. The fraction of sp³-hybridized carbons (Fsp3) is 0.533. The Balaban J connectivity index is 2.49. The van der Waals surface area contributed by atoms with E-state index in [4.69, 9.17) is 26.4 Å². The highest BCUT2D eigenvalue weighted by Gasteiger charge is 2.07. The van der Waals surface area contributed by atoms with Crippen LogP contribution in [0.1, 0.15) is 5.56 Å². The van der Waals surface area contributed by atoms with Crippen LogP contribution in [0, 0.1) is 0 Å². The zero-order chi connectivity index (χ0) is 15.7. The predicted octanol–water partition coefficient (Wildman–Crippen LogP) is 1.70. The Bertz CT molecular complexity index is 455. The van der Waals surface area contributed by atoms with Gasteiger partial charge >= 0.3 is 0 Å². The van der Waals surface area contributed by atoms with Crippen molar-refractivity contribution in [1.82, 2.24) is 10.2 Å². The van der Waals surface area contributed by atoms with Gasteiger partial charge in [0, 0.05) is 27.2 Å². The van der Waals surface area contributed by atoms with Crippen molar-refractivity contribution in [2.24, 2.45) is 0 Å². The summed E-state index contributed by atoms with van der Waals surface area (Å²) in [6.45, 7) is 2.19. The van der Waals surface area contributed by atoms with Crippen LogP contribution < -0.4 is 14.8 Å². The summed E-state index contributed by atoms with van der Waals surface area (Å²) in [5.74, 6) is 1.49. The Hall–Kier alpha value is -1.53. The maximum absolute atomic E-state index is 5.31. The first-order chi connectivity index (χ1) is 10.1. The molecule has 0 unspecified atom stereocenters. The third-order valence-corrected chi connectivity index (χ3v) is 3.57. The lowest BCUT2D eigenvalue weighted by Crippen LogP contribution is -2.39. The van der Waals surface area contributed by atoms with Gasteiger partial charge in [-0.25, -0.2) is 0 Å². The number of rotatable bonds is 8. The lowest BCUT2D eigenvalue weighted by Gasteiger charge is -2.21. The van der Waals surface area contributed by atoms with Crippen LogP contribution in [0.5, 0.6) is 11.5 Å². The van der Waals surface area contributed by atoms with E-state index in [0.29, 0.717) is 6.61 Å². The van der Waals surface area contributed by atoms with Gasteiger partial charge in [-0.3, -0.25) is 0 Å². The maximum Gasteiger partial charge on any atom is 0.168 e. The molecule has 1 N–H and O–H groups in total. The fourth-order valence-corrected chi connectivity index (χ4v) is 2.02. The molecule has 1 aromatic carbocycles. The predicted molar refractivity (Wildman–Crippen MR) is 88.4 cm³/mol. The number of nitrogens with one attached hydrogen (secondary N) is 1. The Kier molecular flexibility index (Phi) is 7.85. The molecule has 1 rings (SSSR count). The highest BCUT2D eigenvalue weighted by Crippen LogP contribution is 2.27. The summed E-state index contributed by atoms with van der Waals surface area (Å²) in [6, 6.07) is 5.95. The number of thiocarbonyl (C=S) groups is 1. The molecule has 0 spiro atoms. The second-order valence-corrected chi connectivity index (χ2v) is 4.97. The van der Waals surface area contributed by atoms with E-state index in [1.807, 2.05) is 30.1 Å². The number of likely N-dealkylation sites (N-methyl/N-ethyl adjacent to an activating group) is 1. The summed E-state index contributed by atoms with van der Waals surface area (Å²) in [6.07, 6.45) is 0.878. The van der Waals surface area contributed by atoms with Crippen molar-refractivity contribution >= 4 is 17.3 Å². The highest BCUT2D eigenvalue weighted by molar-refractivity contribution is 7.80. The van der Waals surface area contributed by atoms with Gasteiger partial charge in [-0.2, -0.15) is 0 Å². The van der Waals surface area contributed by atoms with E-state index in [2.05, 4.69) is 5.32 Å². The van der Waals surface area contributed by atoms with Crippen molar-refractivity contribution < 1.29 is 14.2 Å². The van der Waals surface area contributed by atoms with E-state index < -0.39 is 0 Å². The molecule has 0 atom stereocenters. The monoisotopic (exact) mass is 312 g/mol. The smallest absolute Gasteiger partial charge is 0.168 e. The van der Waals surface area contributed by atoms with Gasteiger partial charge in [-0.05, 0) is 36.3 Å². The van der Waals surface area contributed by atoms with Crippen molar-refractivity contribution in [3.05, 3.63) is 23.8 Å². The molecule has 0 heterocycles. The SMILES string of the molecule is COCCNC(=S)N(C)CCc1ccc(OC)c(OC)c1. The number of ether oxygens (including phenoxy) is 3. The quantitative estimate of drug-likeness (QED) is 0.582. The molecule has 5 nitrogen and oxygen atoms in total. The van der Waals surface area contributed by atoms with E-state index in [0.717, 1.165) is 36.1 Å². The highest BCUT2D eigenvalue weighted by atomic mass is 32.1. The second-order valence-electron chi connectivity index (χ2n) is 4.59. The van der Waals surface area contributed by atoms with Gasteiger partial charge < -0.3 is 24.4 Å². The summed E-state index contributed by atoms with van der Waals surface area (Å²) >= 11 is 5.31. The summed E-state index contributed by atoms with van der Waals surface area (Å²) in [5.41, 5.74) is 1.18. The van der Waals surface area contributed by atoms with Crippen LogP contribution in [-0.4, -0.2) is 58.1 Å². The molecule has 0 bridgehead atoms. The third kappa shape index (κ3) is 5.77. The van der Waals surface area contributed by atoms with Gasteiger partial charge in [0.05, 0.1) is 20.8 Å². The van der Waals surface area contributed by atoms with Crippen molar-refractivity contribution in [2.45, 2.75) is 6.42 Å². The summed E-state index contributed by atoms with van der Waals surface area (Å²) in [4.78, 5) is 2.02. The molecule has 0 aromatic heterocycles. The third-order valence-electron chi connectivity index (χ3n) is 3.11. The zero-order valence-corrected chi connectivity index (χ0v) is 14.0. The minimum atomic E-state index is 0.643. The van der Waals surface area contributed by atoms with Crippen LogP contribution in [0.2, 0.25) is 0 Å². The van der Waals surface area contributed by atoms with Crippen molar-refractivity contribution in [3.63, 3.8) is 0 Å². The normalized spacial score (nSPS) is 10.1. The first kappa shape index (κ1) is 17.5. The fourth-order valence-electron chi connectivity index (χ4n) is 1.83. The molecule has 0 radical (unpaired) electrons. The van der Waals surface area contributed by atoms with Gasteiger partial charge in [-0.1, -0.05) is 6.07 Å². The minimum Gasteiger partial charge on any atom is -0.493 e. The molecule has 0 amide bonds. The number of hydrogen-bond donors (Lipinski definition) is 1. The van der Waals surface area contributed by atoms with E-state index in [1.54, 1.807) is 21.3 Å². The summed E-state index contributed by atoms with van der Waals surface area (Å²) in [5, 5.41) is 3.88. The maximum atomic E-state index is 5.31. The Morgan fingerprint density at radius 1 is 1.19 bits per heavy atom. The lowest BCUT2D eigenvalue weighted by molar-refractivity contribution is 0.203. The zero-order valence-electron chi connectivity index (χ0n) is 13.1. The Morgan fingerprint density at radius 3 is 2.52 bits per heavy atom. The van der Waals surface area contributed by atoms with Gasteiger partial charge in [0.2, 0.25) is 0 Å². The van der Waals surface area contributed by atoms with Gasteiger partial charge in [0.1, 0.15) is 0 Å². The van der Waals surface area contributed by atoms with Crippen LogP contribution >= 0.6 is 12.2 Å². The average Bonchev–Trinajstić information content (AvgIpc) is 2.52. The molecule has 0 aliphatic rings. The Labute approximate surface area is 132 Å². The second kappa shape index (κ2) is 9.41. The first-order valence-corrected chi connectivity index (χ1v) is 7.22. The minimum absolute atomic E-state index is 0.643. The lowest BCUT2D eigenvalue weighted by atomic mass is 10.1. The molecular weight excluding hydrogens is 288 g/mol. The van der Waals surface area contributed by atoms with Crippen LogP contribution in [0.4, 0.5) is 0 Å². The number of hydrogen-bond acceptors (Lipinski definition) is 4. The van der Waals surface area contributed by atoms with E-state index in [1.165, 1.54) is 5.56 Å². The Morgan fingerprint density at radius 2 is 1.90 bits per heavy atom. The average molecular weight is 312 g/mol. The van der Waals surface area contributed by atoms with Gasteiger partial charge in [0.15, 0.2) is 16.6 Å². The standard InChI is InChI=1S/C15H24N2O3S/c1-17(15(21)16-8-10-18-2)9-7-12-5-6-13(19-3)14(11-12)20-4/h5-6,11H,7-10H2,1-4H3,(H,16,21). The summed E-state index contributed by atoms with van der Waals surface area (Å²) in [7, 11) is 6.92. The van der Waals surface area contributed by atoms with Gasteiger partial charge in [0.25, 0.3) is 0 Å². The van der Waals surface area contributed by atoms with E-state index in [-0.39, 0.29) is 0 Å². The molecule has 0 aliphatic carbocycles. The van der Waals surface area contributed by atoms with Crippen LogP contribution in [0.15, 0.2) is 18.2 Å². The van der Waals surface area contributed by atoms with Gasteiger partial charge in [-0.15, -0.1) is 0 Å². The van der Waals surface area contributed by atoms with E-state index in [9.17, 15) is 0 Å². The molecule has 21 heavy (non-hydrogen) atoms. The molecule has 0 saturated heterocycles. The molecule has 1 aromatic rings. The topological polar surface area (TPSA) is 43.0 Å². The molecule has 0 fully saturated rings. The number of benzene rings is 1. The first-order valence-electron chi connectivity index (χ1n) is 6.81. The van der Waals surface area contributed by atoms with Crippen LogP contribution in [-0.2, 0) is 11.2 Å². The van der Waals surface area contributed by atoms with Crippen LogP contribution in [0.3, 0.4) is 0 Å². The van der Waals surface area contributed by atoms with Crippen molar-refractivity contribution in [2.75, 3.05) is 48.1 Å². The number of nitrogens with zero attached hydrogens (tertiary/aromatic N) is 1. The molecule has 118 valence electrons. The largest absolute Gasteiger partial charge is 0.493 e. The molecule has 0 aliphatic heterocycles. The molecular formula is C15H24N2O3S. The van der Waals surface area contributed by atoms with Crippen LogP contribution in [0.25, 0.3) is 0 Å². The summed E-state index contributed by atoms with van der Waals surface area (Å²) < 4.78 is 15.5. The van der Waals surface area contributed by atoms with Crippen molar-refractivity contribution in [3.8, 4) is 11.5 Å². The number of methoxy groups -OCH3 is 3.